The van der Waals surface area contributed by atoms with Gasteiger partial charge in [-0.25, -0.2) is 4.79 Å². The summed E-state index contributed by atoms with van der Waals surface area (Å²) in [5.74, 6) is -0.249. The van der Waals surface area contributed by atoms with E-state index in [9.17, 15) is 4.79 Å². The van der Waals surface area contributed by atoms with Gasteiger partial charge in [-0.15, -0.1) is 0 Å². The number of para-hydroxylation sites is 1. The molecule has 2 aliphatic heterocycles. The Morgan fingerprint density at radius 2 is 1.77 bits per heavy atom. The highest BCUT2D eigenvalue weighted by Crippen LogP contribution is 2.38. The van der Waals surface area contributed by atoms with Gasteiger partial charge in [0.2, 0.25) is 0 Å². The van der Waals surface area contributed by atoms with Crippen LogP contribution >= 0.6 is 0 Å². The normalized spacial score (nSPS) is 23.3. The van der Waals surface area contributed by atoms with Crippen LogP contribution in [0, 0.1) is 0 Å². The first-order chi connectivity index (χ1) is 10.8. The third-order valence-electron chi connectivity index (χ3n) is 4.40. The topological polar surface area (TPSA) is 29.5 Å². The molecule has 2 atom stereocenters. The van der Waals surface area contributed by atoms with E-state index in [1.165, 1.54) is 22.9 Å². The van der Waals surface area contributed by atoms with Gasteiger partial charge in [0.1, 0.15) is 6.10 Å². The Balaban J connectivity index is 1.79. The lowest BCUT2D eigenvalue weighted by molar-refractivity contribution is -0.139. The third kappa shape index (κ3) is 2.19. The Morgan fingerprint density at radius 1 is 1.00 bits per heavy atom. The van der Waals surface area contributed by atoms with Crippen LogP contribution in [0.25, 0.3) is 0 Å². The summed E-state index contributed by atoms with van der Waals surface area (Å²) in [7, 11) is 0. The third-order valence-corrected chi connectivity index (χ3v) is 4.40. The number of anilines is 1. The molecule has 0 bridgehead atoms. The first kappa shape index (κ1) is 13.1. The monoisotopic (exact) mass is 291 g/mol. The number of fused-ring (bicyclic) bond motifs is 1. The number of hydrogen-bond donors (Lipinski definition) is 0. The van der Waals surface area contributed by atoms with Crippen LogP contribution in [0.15, 0.2) is 66.7 Å². The van der Waals surface area contributed by atoms with Crippen LogP contribution in [0.5, 0.6) is 0 Å². The van der Waals surface area contributed by atoms with Crippen molar-refractivity contribution in [3.63, 3.8) is 0 Å². The zero-order valence-electron chi connectivity index (χ0n) is 12.2. The Labute approximate surface area is 129 Å². The van der Waals surface area contributed by atoms with Crippen LogP contribution in [0.3, 0.4) is 0 Å². The average Bonchev–Trinajstić information content (AvgIpc) is 3.00. The quantitative estimate of drug-likeness (QED) is 0.795. The van der Waals surface area contributed by atoms with Crippen molar-refractivity contribution >= 4 is 11.7 Å². The highest BCUT2D eigenvalue weighted by Gasteiger charge is 2.36. The summed E-state index contributed by atoms with van der Waals surface area (Å²) in [5.41, 5.74) is 3.76. The predicted molar refractivity (Wildman–Crippen MR) is 85.7 cm³/mol. The summed E-state index contributed by atoms with van der Waals surface area (Å²) < 4.78 is 5.52. The number of ether oxygens (including phenoxy) is 1. The highest BCUT2D eigenvalue weighted by molar-refractivity contribution is 5.84. The molecule has 2 aromatic carbocycles. The van der Waals surface area contributed by atoms with Crippen molar-refractivity contribution in [2.24, 2.45) is 0 Å². The molecule has 2 aromatic rings. The van der Waals surface area contributed by atoms with Gasteiger partial charge in [0.15, 0.2) is 0 Å². The number of rotatable bonds is 2. The molecule has 0 aliphatic carbocycles. The summed E-state index contributed by atoms with van der Waals surface area (Å²) >= 11 is 0. The van der Waals surface area contributed by atoms with E-state index >= 15 is 0 Å². The summed E-state index contributed by atoms with van der Waals surface area (Å²) in [5, 5.41) is 0. The minimum Gasteiger partial charge on any atom is -0.452 e. The van der Waals surface area contributed by atoms with Gasteiger partial charge in [0, 0.05) is 18.3 Å². The first-order valence-electron chi connectivity index (χ1n) is 7.61. The van der Waals surface area contributed by atoms with Gasteiger partial charge in [-0.3, -0.25) is 0 Å². The molecule has 0 spiro atoms. The number of benzene rings is 2. The molecule has 3 heteroatoms. The molecule has 22 heavy (non-hydrogen) atoms. The molecule has 110 valence electrons. The van der Waals surface area contributed by atoms with Gasteiger partial charge in [-0.05, 0) is 35.8 Å². The largest absolute Gasteiger partial charge is 0.452 e. The number of carbonyl (C=O) groups is 1. The summed E-state index contributed by atoms with van der Waals surface area (Å²) in [6.45, 7) is 0.924. The molecule has 0 N–H and O–H groups in total. The van der Waals surface area contributed by atoms with E-state index in [2.05, 4.69) is 41.3 Å². The standard InChI is InChI=1S/C19H17NO2/c21-18-11-10-17(22-18)19-16-9-5-4-6-14(16)12-13-20(19)15-7-2-1-3-8-15/h1-11,17,19H,12-13H2. The number of carbonyl (C=O) groups excluding carboxylic acids is 1. The lowest BCUT2D eigenvalue weighted by Gasteiger charge is -2.41. The van der Waals surface area contributed by atoms with Crippen LogP contribution in [-0.4, -0.2) is 18.6 Å². The first-order valence-corrected chi connectivity index (χ1v) is 7.61. The van der Waals surface area contributed by atoms with Crippen molar-refractivity contribution in [3.8, 4) is 0 Å². The molecular weight excluding hydrogens is 274 g/mol. The van der Waals surface area contributed by atoms with Gasteiger partial charge in [0.25, 0.3) is 0 Å². The maximum atomic E-state index is 11.5. The lowest BCUT2D eigenvalue weighted by atomic mass is 9.89. The fraction of sp³-hybridized carbons (Fsp3) is 0.211. The van der Waals surface area contributed by atoms with E-state index in [-0.39, 0.29) is 18.1 Å². The van der Waals surface area contributed by atoms with Crippen molar-refractivity contribution in [2.75, 3.05) is 11.4 Å². The SMILES string of the molecule is O=C1C=CC(C2c3ccccc3CCN2c2ccccc2)O1. The lowest BCUT2D eigenvalue weighted by Crippen LogP contribution is -2.41. The molecule has 2 heterocycles. The Morgan fingerprint density at radius 3 is 2.55 bits per heavy atom. The molecule has 0 saturated carbocycles. The van der Waals surface area contributed by atoms with Gasteiger partial charge < -0.3 is 9.64 Å². The zero-order valence-corrected chi connectivity index (χ0v) is 12.2. The van der Waals surface area contributed by atoms with Crippen LogP contribution in [-0.2, 0) is 16.0 Å². The van der Waals surface area contributed by atoms with Gasteiger partial charge in [-0.2, -0.15) is 0 Å². The van der Waals surface area contributed by atoms with Crippen molar-refractivity contribution in [3.05, 3.63) is 77.9 Å². The fourth-order valence-corrected chi connectivity index (χ4v) is 3.42. The molecule has 0 saturated heterocycles. The molecule has 3 nitrogen and oxygen atoms in total. The second-order valence-electron chi connectivity index (χ2n) is 5.68. The second kappa shape index (κ2) is 5.34. The predicted octanol–water partition coefficient (Wildman–Crippen LogP) is 3.27. The number of nitrogens with zero attached hydrogens (tertiary/aromatic N) is 1. The molecule has 2 aliphatic rings. The van der Waals surface area contributed by atoms with Gasteiger partial charge in [-0.1, -0.05) is 42.5 Å². The van der Waals surface area contributed by atoms with Crippen molar-refractivity contribution in [2.45, 2.75) is 18.6 Å². The van der Waals surface area contributed by atoms with Crippen molar-refractivity contribution in [1.82, 2.24) is 0 Å². The van der Waals surface area contributed by atoms with E-state index in [0.717, 1.165) is 13.0 Å². The van der Waals surface area contributed by atoms with Crippen LogP contribution in [0.2, 0.25) is 0 Å². The van der Waals surface area contributed by atoms with Crippen molar-refractivity contribution < 1.29 is 9.53 Å². The summed E-state index contributed by atoms with van der Waals surface area (Å²) in [6.07, 6.45) is 4.19. The van der Waals surface area contributed by atoms with E-state index in [1.54, 1.807) is 0 Å². The molecule has 0 radical (unpaired) electrons. The van der Waals surface area contributed by atoms with E-state index in [1.807, 2.05) is 24.3 Å². The number of esters is 1. The zero-order chi connectivity index (χ0) is 14.9. The molecule has 0 aromatic heterocycles. The fourth-order valence-electron chi connectivity index (χ4n) is 3.42. The molecule has 0 fully saturated rings. The van der Waals surface area contributed by atoms with E-state index in [0.29, 0.717) is 0 Å². The molecule has 0 amide bonds. The summed E-state index contributed by atoms with van der Waals surface area (Å²) in [4.78, 5) is 13.9. The van der Waals surface area contributed by atoms with E-state index in [4.69, 9.17) is 4.74 Å². The van der Waals surface area contributed by atoms with Gasteiger partial charge in [0.05, 0.1) is 6.04 Å². The average molecular weight is 291 g/mol. The Kier molecular flexibility index (Phi) is 3.19. The summed E-state index contributed by atoms with van der Waals surface area (Å²) in [6, 6.07) is 18.8. The number of hydrogen-bond acceptors (Lipinski definition) is 3. The van der Waals surface area contributed by atoms with Crippen LogP contribution in [0.4, 0.5) is 5.69 Å². The maximum absolute atomic E-state index is 11.5. The van der Waals surface area contributed by atoms with Gasteiger partial charge >= 0.3 is 5.97 Å². The Hall–Kier alpha value is -2.55. The smallest absolute Gasteiger partial charge is 0.331 e. The molecular formula is C19H17NO2. The second-order valence-corrected chi connectivity index (χ2v) is 5.68. The highest BCUT2D eigenvalue weighted by atomic mass is 16.5. The van der Waals surface area contributed by atoms with Crippen LogP contribution in [0.1, 0.15) is 17.2 Å². The minimum atomic E-state index is -0.249. The van der Waals surface area contributed by atoms with E-state index < -0.39 is 0 Å². The molecule has 4 rings (SSSR count). The van der Waals surface area contributed by atoms with Crippen molar-refractivity contribution in [1.29, 1.82) is 0 Å². The molecule has 2 unspecified atom stereocenters. The minimum absolute atomic E-state index is 0.0371. The van der Waals surface area contributed by atoms with Crippen LogP contribution < -0.4 is 4.90 Å². The maximum Gasteiger partial charge on any atom is 0.331 e. The Bertz CT molecular complexity index is 723. The number of cyclic esters (lactones) is 1.